The van der Waals surface area contributed by atoms with Crippen molar-refractivity contribution in [2.24, 2.45) is 10.8 Å². The van der Waals surface area contributed by atoms with Gasteiger partial charge in [-0.15, -0.1) is 10.2 Å². The van der Waals surface area contributed by atoms with Gasteiger partial charge >= 0.3 is 12.2 Å². The second-order valence-electron chi connectivity index (χ2n) is 15.4. The molecule has 0 atom stereocenters. The highest BCUT2D eigenvalue weighted by molar-refractivity contribution is 5.68. The maximum atomic E-state index is 11.9. The number of carbonyl (C=O) groups excluding carboxylic acids is 2. The van der Waals surface area contributed by atoms with Gasteiger partial charge in [-0.3, -0.25) is 0 Å². The Bertz CT molecular complexity index is 1390. The summed E-state index contributed by atoms with van der Waals surface area (Å²) < 4.78 is 14.2. The van der Waals surface area contributed by atoms with E-state index in [9.17, 15) is 9.59 Å². The lowest BCUT2D eigenvalue weighted by atomic mass is 9.64. The molecular formula is C33H54N12O4. The molecule has 0 N–H and O–H groups in total. The van der Waals surface area contributed by atoms with Gasteiger partial charge < -0.3 is 29.1 Å². The van der Waals surface area contributed by atoms with Gasteiger partial charge in [-0.2, -0.15) is 0 Å². The minimum Gasteiger partial charge on any atom is -0.450 e. The number of ether oxygens (including phenoxy) is 2. The van der Waals surface area contributed by atoms with Gasteiger partial charge in [-0.05, 0) is 117 Å². The highest BCUT2D eigenvalue weighted by Gasteiger charge is 2.52. The summed E-state index contributed by atoms with van der Waals surface area (Å²) in [4.78, 5) is 32.8. The van der Waals surface area contributed by atoms with Crippen LogP contribution in [-0.4, -0.2) is 150 Å². The van der Waals surface area contributed by atoms with E-state index in [-0.39, 0.29) is 12.2 Å². The molecule has 0 unspecified atom stereocenters. The van der Waals surface area contributed by atoms with E-state index in [4.69, 9.17) is 9.47 Å². The summed E-state index contributed by atoms with van der Waals surface area (Å²) >= 11 is 0. The van der Waals surface area contributed by atoms with Gasteiger partial charge in [-0.25, -0.2) is 19.0 Å². The lowest BCUT2D eigenvalue weighted by Gasteiger charge is -2.51. The van der Waals surface area contributed by atoms with Crippen LogP contribution in [0.3, 0.4) is 0 Å². The molecule has 4 saturated heterocycles. The minimum atomic E-state index is -0.139. The Morgan fingerprint density at radius 2 is 1.22 bits per heavy atom. The van der Waals surface area contributed by atoms with Gasteiger partial charge in [0.05, 0.1) is 25.3 Å². The second-order valence-corrected chi connectivity index (χ2v) is 15.4. The average molecular weight is 683 g/mol. The van der Waals surface area contributed by atoms with E-state index in [1.807, 2.05) is 39.9 Å². The number of piperidine rings is 2. The number of amides is 2. The summed E-state index contributed by atoms with van der Waals surface area (Å²) in [7, 11) is 0. The van der Waals surface area contributed by atoms with Crippen molar-refractivity contribution in [3.8, 4) is 0 Å². The van der Waals surface area contributed by atoms with E-state index < -0.39 is 0 Å². The van der Waals surface area contributed by atoms with Crippen LogP contribution in [0.4, 0.5) is 9.59 Å². The Kier molecular flexibility index (Phi) is 10.0. The van der Waals surface area contributed by atoms with Crippen molar-refractivity contribution in [2.45, 2.75) is 109 Å². The first kappa shape index (κ1) is 34.1. The van der Waals surface area contributed by atoms with Crippen LogP contribution in [0.2, 0.25) is 0 Å². The zero-order chi connectivity index (χ0) is 34.0. The number of nitrogens with zero attached hydrogens (tertiary/aromatic N) is 12. The summed E-state index contributed by atoms with van der Waals surface area (Å²) in [6, 6.07) is 2.24. The molecule has 0 bridgehead atoms. The molecule has 4 aliphatic heterocycles. The molecule has 49 heavy (non-hydrogen) atoms. The van der Waals surface area contributed by atoms with Gasteiger partial charge in [0, 0.05) is 64.4 Å². The molecule has 6 aliphatic rings. The van der Waals surface area contributed by atoms with Gasteiger partial charge in [0.15, 0.2) is 0 Å². The maximum absolute atomic E-state index is 11.9. The van der Waals surface area contributed by atoms with Crippen LogP contribution in [0, 0.1) is 17.8 Å². The molecule has 16 nitrogen and oxygen atoms in total. The largest absolute Gasteiger partial charge is 0.450 e. The molecule has 2 aliphatic carbocycles. The fraction of sp³-hybridized carbons (Fsp3) is 0.879. The molecular weight excluding hydrogens is 628 g/mol. The van der Waals surface area contributed by atoms with E-state index in [1.165, 1.54) is 25.7 Å². The van der Waals surface area contributed by atoms with E-state index in [0.717, 1.165) is 96.7 Å². The van der Waals surface area contributed by atoms with E-state index in [2.05, 4.69) is 40.9 Å². The first-order chi connectivity index (χ1) is 23.8. The zero-order valence-electron chi connectivity index (χ0n) is 29.5. The van der Waals surface area contributed by atoms with Gasteiger partial charge in [0.2, 0.25) is 0 Å². The number of carbonyl (C=O) groups is 2. The number of tetrazole rings is 2. The molecule has 270 valence electrons. The predicted molar refractivity (Wildman–Crippen MR) is 177 cm³/mol. The summed E-state index contributed by atoms with van der Waals surface area (Å²) in [6.45, 7) is 14.6. The molecule has 0 aromatic carbocycles. The molecule has 0 radical (unpaired) electrons. The van der Waals surface area contributed by atoms with Crippen molar-refractivity contribution >= 4 is 12.2 Å². The van der Waals surface area contributed by atoms with E-state index >= 15 is 0 Å². The number of aryl methyl sites for hydroxylation is 1. The van der Waals surface area contributed by atoms with Crippen molar-refractivity contribution in [3.05, 3.63) is 12.2 Å². The SMILES string of the molecule is CCOC(=O)N1CCC2(CC(N3CCC(n4cnnn4)CC3)C2)C1.CCOC(=O)N1CCC2(CC(N3CCC(n4nnnc4C)CC3)C2)C1. The first-order valence-corrected chi connectivity index (χ1v) is 18.6. The number of aromatic nitrogens is 8. The Hall–Kier alpha value is -3.40. The van der Waals surface area contributed by atoms with Crippen molar-refractivity contribution in [3.63, 3.8) is 0 Å². The predicted octanol–water partition coefficient (Wildman–Crippen LogP) is 2.95. The molecule has 2 saturated carbocycles. The number of likely N-dealkylation sites (tertiary alicyclic amines) is 4. The van der Waals surface area contributed by atoms with Crippen LogP contribution >= 0.6 is 0 Å². The van der Waals surface area contributed by atoms with Gasteiger partial charge in [0.1, 0.15) is 12.2 Å². The average Bonchev–Trinajstić information content (AvgIpc) is 3.91. The molecule has 6 fully saturated rings. The topological polar surface area (TPSA) is 153 Å². The first-order valence-electron chi connectivity index (χ1n) is 18.6. The lowest BCUT2D eigenvalue weighted by molar-refractivity contribution is -0.00921. The molecule has 2 aromatic rings. The zero-order valence-corrected chi connectivity index (χ0v) is 29.5. The molecule has 8 rings (SSSR count). The van der Waals surface area contributed by atoms with Gasteiger partial charge in [0.25, 0.3) is 0 Å². The molecule has 2 amide bonds. The number of hydrogen-bond acceptors (Lipinski definition) is 12. The third-order valence-electron chi connectivity index (χ3n) is 12.4. The Labute approximate surface area is 288 Å². The third-order valence-corrected chi connectivity index (χ3v) is 12.4. The Morgan fingerprint density at radius 3 is 1.65 bits per heavy atom. The molecule has 2 spiro atoms. The monoisotopic (exact) mass is 682 g/mol. The summed E-state index contributed by atoms with van der Waals surface area (Å²) in [6.07, 6.45) is 13.0. The van der Waals surface area contributed by atoms with E-state index in [0.29, 0.717) is 48.2 Å². The minimum absolute atomic E-state index is 0.138. The van der Waals surface area contributed by atoms with E-state index in [1.54, 1.807) is 6.33 Å². The fourth-order valence-corrected chi connectivity index (χ4v) is 9.60. The standard InChI is InChI=1S/C17H28N6O2.C16H26N6O2/c1-3-25-16(24)22-9-6-17(12-22)10-15(11-17)21-7-4-14(5-8-21)23-13(2)18-19-20-23;1-2-24-15(23)21-8-5-16(11-21)9-14(10-16)20-6-3-13(4-7-20)22-12-17-18-19-22/h14-15H,3-12H2,1-2H3;12-14H,2-11H2,1H3. The fourth-order valence-electron chi connectivity index (χ4n) is 9.60. The summed E-state index contributed by atoms with van der Waals surface area (Å²) in [5.74, 6) is 0.908. The third kappa shape index (κ3) is 7.26. The highest BCUT2D eigenvalue weighted by Crippen LogP contribution is 2.52. The Morgan fingerprint density at radius 1 is 0.714 bits per heavy atom. The van der Waals surface area contributed by atoms with Crippen molar-refractivity contribution in [1.82, 2.24) is 60.0 Å². The number of rotatable bonds is 6. The van der Waals surface area contributed by atoms with Crippen molar-refractivity contribution in [2.75, 3.05) is 65.6 Å². The highest BCUT2D eigenvalue weighted by atomic mass is 16.6. The molecule has 2 aromatic heterocycles. The normalized spacial score (nSPS) is 31.0. The second kappa shape index (κ2) is 14.4. The quantitative estimate of drug-likeness (QED) is 0.440. The lowest BCUT2D eigenvalue weighted by Crippen LogP contribution is -2.54. The summed E-state index contributed by atoms with van der Waals surface area (Å²) in [5.41, 5.74) is 0.699. The Balaban J connectivity index is 0.000000154. The smallest absolute Gasteiger partial charge is 0.409 e. The van der Waals surface area contributed by atoms with Crippen LogP contribution in [0.25, 0.3) is 0 Å². The van der Waals surface area contributed by atoms with Crippen molar-refractivity contribution < 1.29 is 19.1 Å². The molecule has 16 heteroatoms. The molecule has 6 heterocycles. The van der Waals surface area contributed by atoms with Crippen LogP contribution in [0.5, 0.6) is 0 Å². The maximum Gasteiger partial charge on any atom is 0.409 e. The van der Waals surface area contributed by atoms with Gasteiger partial charge in [-0.1, -0.05) is 0 Å². The van der Waals surface area contributed by atoms with Crippen LogP contribution in [0.1, 0.15) is 96.0 Å². The van der Waals surface area contributed by atoms with Crippen LogP contribution in [0.15, 0.2) is 6.33 Å². The van der Waals surface area contributed by atoms with Crippen LogP contribution < -0.4 is 0 Å². The van der Waals surface area contributed by atoms with Crippen LogP contribution in [-0.2, 0) is 9.47 Å². The summed E-state index contributed by atoms with van der Waals surface area (Å²) in [5, 5.41) is 23.4. The van der Waals surface area contributed by atoms with Crippen molar-refractivity contribution in [1.29, 1.82) is 0 Å². The number of hydrogen-bond donors (Lipinski definition) is 0.